The number of ether oxygens (including phenoxy) is 2. The zero-order valence-electron chi connectivity index (χ0n) is 16.6. The predicted molar refractivity (Wildman–Crippen MR) is 98.6 cm³/mol. The molecule has 30 heavy (non-hydrogen) atoms. The zero-order valence-corrected chi connectivity index (χ0v) is 16.6. The van der Waals surface area contributed by atoms with Crippen LogP contribution in [0.1, 0.15) is 43.2 Å². The highest BCUT2D eigenvalue weighted by Gasteiger charge is 2.38. The van der Waals surface area contributed by atoms with Crippen LogP contribution in [0.15, 0.2) is 24.5 Å². The highest BCUT2D eigenvalue weighted by atomic mass is 19.4. The molecule has 0 N–H and O–H groups in total. The summed E-state index contributed by atoms with van der Waals surface area (Å²) in [6.07, 6.45) is -3.84. The van der Waals surface area contributed by atoms with Crippen LogP contribution in [-0.4, -0.2) is 33.1 Å². The molecule has 0 atom stereocenters. The molecule has 0 bridgehead atoms. The molecule has 0 radical (unpaired) electrons. The monoisotopic (exact) mass is 420 g/mol. The molecular weight excluding hydrogens is 401 g/mol. The third-order valence-electron chi connectivity index (χ3n) is 4.26. The first-order valence-electron chi connectivity index (χ1n) is 9.08. The fourth-order valence-corrected chi connectivity index (χ4v) is 3.00. The molecule has 0 saturated heterocycles. The fraction of sp³-hybridized carbons (Fsp3) is 0.400. The molecule has 3 rings (SSSR count). The van der Waals surface area contributed by atoms with Crippen LogP contribution in [0.4, 0.5) is 18.0 Å². The van der Waals surface area contributed by atoms with Gasteiger partial charge in [-0.05, 0) is 39.3 Å². The van der Waals surface area contributed by atoms with Gasteiger partial charge in [-0.25, -0.2) is 14.8 Å². The number of nitriles is 1. The lowest BCUT2D eigenvalue weighted by molar-refractivity contribution is -0.138. The lowest BCUT2D eigenvalue weighted by Gasteiger charge is -2.31. The second kappa shape index (κ2) is 7.82. The van der Waals surface area contributed by atoms with E-state index in [-0.39, 0.29) is 25.4 Å². The maximum absolute atomic E-state index is 13.5. The predicted octanol–water partition coefficient (Wildman–Crippen LogP) is 4.45. The molecular formula is C20H19F3N4O3. The van der Waals surface area contributed by atoms with E-state index in [0.717, 1.165) is 18.5 Å². The average molecular weight is 420 g/mol. The highest BCUT2D eigenvalue weighted by Crippen LogP contribution is 2.41. The molecule has 1 amide bonds. The van der Waals surface area contributed by atoms with E-state index in [1.54, 1.807) is 20.8 Å². The topological polar surface area (TPSA) is 88.3 Å². The maximum Gasteiger partial charge on any atom is 0.421 e. The molecule has 0 aliphatic carbocycles. The van der Waals surface area contributed by atoms with E-state index in [0.29, 0.717) is 11.3 Å². The van der Waals surface area contributed by atoms with Crippen molar-refractivity contribution in [2.75, 3.05) is 6.54 Å². The number of halogens is 3. The van der Waals surface area contributed by atoms with Crippen LogP contribution in [0, 0.1) is 11.3 Å². The van der Waals surface area contributed by atoms with Gasteiger partial charge < -0.3 is 14.4 Å². The SMILES string of the molecule is CC(C)(C)OC(=O)N1CCc2c(ncnc2Oc2cccc(C#N)c2C(F)(F)F)C1. The first-order valence-corrected chi connectivity index (χ1v) is 9.08. The standard InChI is InChI=1S/C20H19F3N4O3/c1-19(2,3)30-18(28)27-8-7-13-14(10-27)25-11-26-17(13)29-15-6-4-5-12(9-24)16(15)20(21,22)23/h4-6,11H,7-8,10H2,1-3H3. The number of carbonyl (C=O) groups excluding carboxylic acids is 1. The molecule has 1 aliphatic rings. The third kappa shape index (κ3) is 4.62. The molecule has 1 aromatic carbocycles. The van der Waals surface area contributed by atoms with Gasteiger partial charge >= 0.3 is 12.3 Å². The number of alkyl halides is 3. The number of hydrogen-bond acceptors (Lipinski definition) is 6. The number of aromatic nitrogens is 2. The first-order chi connectivity index (χ1) is 14.0. The van der Waals surface area contributed by atoms with E-state index in [1.165, 1.54) is 17.0 Å². The van der Waals surface area contributed by atoms with E-state index in [4.69, 9.17) is 14.7 Å². The van der Waals surface area contributed by atoms with Crippen LogP contribution in [0.3, 0.4) is 0 Å². The van der Waals surface area contributed by atoms with E-state index in [2.05, 4.69) is 9.97 Å². The second-order valence-corrected chi connectivity index (χ2v) is 7.65. The summed E-state index contributed by atoms with van der Waals surface area (Å²) in [4.78, 5) is 21.9. The van der Waals surface area contributed by atoms with Crippen LogP contribution in [-0.2, 0) is 23.9 Å². The fourth-order valence-electron chi connectivity index (χ4n) is 3.00. The maximum atomic E-state index is 13.5. The van der Waals surface area contributed by atoms with Crippen molar-refractivity contribution in [3.63, 3.8) is 0 Å². The van der Waals surface area contributed by atoms with Crippen molar-refractivity contribution in [3.8, 4) is 17.7 Å². The Balaban J connectivity index is 1.90. The summed E-state index contributed by atoms with van der Waals surface area (Å²) in [6, 6.07) is 5.05. The molecule has 0 unspecified atom stereocenters. The Labute approximate surface area is 171 Å². The molecule has 7 nitrogen and oxygen atoms in total. The number of nitrogens with zero attached hydrogens (tertiary/aromatic N) is 4. The number of rotatable bonds is 2. The minimum absolute atomic E-state index is 0.0376. The van der Waals surface area contributed by atoms with Crippen molar-refractivity contribution in [2.24, 2.45) is 0 Å². The Morgan fingerprint density at radius 1 is 1.23 bits per heavy atom. The largest absolute Gasteiger partial charge is 0.444 e. The van der Waals surface area contributed by atoms with Gasteiger partial charge in [0.1, 0.15) is 23.2 Å². The summed E-state index contributed by atoms with van der Waals surface area (Å²) >= 11 is 0. The molecule has 1 aromatic heterocycles. The van der Waals surface area contributed by atoms with E-state index >= 15 is 0 Å². The molecule has 0 saturated carbocycles. The number of benzene rings is 1. The molecule has 2 aromatic rings. The summed E-state index contributed by atoms with van der Waals surface area (Å²) in [5.41, 5.74) is -1.39. The third-order valence-corrected chi connectivity index (χ3v) is 4.26. The Morgan fingerprint density at radius 2 is 1.97 bits per heavy atom. The molecule has 1 aliphatic heterocycles. The quantitative estimate of drug-likeness (QED) is 0.713. The van der Waals surface area contributed by atoms with Gasteiger partial charge in [0.25, 0.3) is 0 Å². The second-order valence-electron chi connectivity index (χ2n) is 7.65. The first kappa shape index (κ1) is 21.4. The van der Waals surface area contributed by atoms with Crippen LogP contribution in [0.2, 0.25) is 0 Å². The minimum atomic E-state index is -4.78. The van der Waals surface area contributed by atoms with E-state index < -0.39 is 34.7 Å². The van der Waals surface area contributed by atoms with Crippen molar-refractivity contribution >= 4 is 6.09 Å². The summed E-state index contributed by atoms with van der Waals surface area (Å²) < 4.78 is 51.3. The van der Waals surface area contributed by atoms with Gasteiger partial charge in [0, 0.05) is 12.1 Å². The van der Waals surface area contributed by atoms with Crippen molar-refractivity contribution in [2.45, 2.75) is 45.5 Å². The lowest BCUT2D eigenvalue weighted by Crippen LogP contribution is -2.40. The highest BCUT2D eigenvalue weighted by molar-refractivity contribution is 5.68. The van der Waals surface area contributed by atoms with Gasteiger partial charge in [-0.2, -0.15) is 18.4 Å². The Bertz CT molecular complexity index is 1010. The Hall–Kier alpha value is -3.35. The van der Waals surface area contributed by atoms with Crippen molar-refractivity contribution in [3.05, 3.63) is 46.9 Å². The summed E-state index contributed by atoms with van der Waals surface area (Å²) in [5.74, 6) is -0.554. The van der Waals surface area contributed by atoms with Gasteiger partial charge in [0.05, 0.1) is 23.9 Å². The molecule has 10 heteroatoms. The number of carbonyl (C=O) groups is 1. The lowest BCUT2D eigenvalue weighted by atomic mass is 10.1. The molecule has 158 valence electrons. The van der Waals surface area contributed by atoms with Crippen molar-refractivity contribution < 1.29 is 27.4 Å². The summed E-state index contributed by atoms with van der Waals surface area (Å²) in [5, 5.41) is 9.05. The van der Waals surface area contributed by atoms with Gasteiger partial charge in [0.15, 0.2) is 0 Å². The normalized spacial score (nSPS) is 14.0. The summed E-state index contributed by atoms with van der Waals surface area (Å²) in [6.45, 7) is 5.66. The van der Waals surface area contributed by atoms with Gasteiger partial charge in [-0.3, -0.25) is 0 Å². The van der Waals surface area contributed by atoms with Crippen molar-refractivity contribution in [1.82, 2.24) is 14.9 Å². The zero-order chi connectivity index (χ0) is 22.1. The van der Waals surface area contributed by atoms with Crippen molar-refractivity contribution in [1.29, 1.82) is 5.26 Å². The number of fused-ring (bicyclic) bond motifs is 1. The van der Waals surface area contributed by atoms with Gasteiger partial charge in [-0.1, -0.05) is 6.07 Å². The molecule has 2 heterocycles. The number of amides is 1. The summed E-state index contributed by atoms with van der Waals surface area (Å²) in [7, 11) is 0. The smallest absolute Gasteiger partial charge is 0.421 e. The van der Waals surface area contributed by atoms with Gasteiger partial charge in [-0.15, -0.1) is 0 Å². The van der Waals surface area contributed by atoms with Crippen LogP contribution >= 0.6 is 0 Å². The average Bonchev–Trinajstić information content (AvgIpc) is 2.65. The number of hydrogen-bond donors (Lipinski definition) is 0. The van der Waals surface area contributed by atoms with Crippen LogP contribution in [0.5, 0.6) is 11.6 Å². The van der Waals surface area contributed by atoms with Gasteiger partial charge in [0.2, 0.25) is 5.88 Å². The van der Waals surface area contributed by atoms with Crippen LogP contribution < -0.4 is 4.74 Å². The minimum Gasteiger partial charge on any atom is -0.444 e. The Kier molecular flexibility index (Phi) is 5.57. The molecule has 0 fully saturated rings. The van der Waals surface area contributed by atoms with Crippen LogP contribution in [0.25, 0.3) is 0 Å². The van der Waals surface area contributed by atoms with E-state index in [1.807, 2.05) is 0 Å². The van der Waals surface area contributed by atoms with E-state index in [9.17, 15) is 18.0 Å². The Morgan fingerprint density at radius 3 is 2.60 bits per heavy atom. The molecule has 0 spiro atoms.